The Labute approximate surface area is 81.0 Å². The molecule has 13 heavy (non-hydrogen) atoms. The van der Waals surface area contributed by atoms with E-state index in [4.69, 9.17) is 4.74 Å². The topological polar surface area (TPSA) is 21.3 Å². The molecule has 1 saturated carbocycles. The van der Waals surface area contributed by atoms with Gasteiger partial charge in [0.2, 0.25) is 0 Å². The van der Waals surface area contributed by atoms with Crippen LogP contribution in [0.25, 0.3) is 0 Å². The maximum absolute atomic E-state index is 5.50. The van der Waals surface area contributed by atoms with E-state index in [1.807, 2.05) is 0 Å². The summed E-state index contributed by atoms with van der Waals surface area (Å²) in [6, 6.07) is 0. The molecule has 0 radical (unpaired) electrons. The van der Waals surface area contributed by atoms with E-state index in [-0.39, 0.29) is 0 Å². The Kier molecular flexibility index (Phi) is 2.89. The number of ether oxygens (including phenoxy) is 1. The minimum atomic E-state index is 0.693. The molecule has 2 fully saturated rings. The molecule has 2 rings (SSSR count). The van der Waals surface area contributed by atoms with Gasteiger partial charge in [0, 0.05) is 13.2 Å². The van der Waals surface area contributed by atoms with Crippen molar-refractivity contribution in [1.82, 2.24) is 5.32 Å². The van der Waals surface area contributed by atoms with Crippen molar-refractivity contribution in [1.29, 1.82) is 0 Å². The van der Waals surface area contributed by atoms with Gasteiger partial charge in [0.1, 0.15) is 0 Å². The molecule has 0 aromatic rings. The van der Waals surface area contributed by atoms with Crippen LogP contribution in [0.4, 0.5) is 0 Å². The Morgan fingerprint density at radius 1 is 1.38 bits per heavy atom. The van der Waals surface area contributed by atoms with Gasteiger partial charge in [-0.1, -0.05) is 6.92 Å². The molecule has 2 nitrogen and oxygen atoms in total. The van der Waals surface area contributed by atoms with Gasteiger partial charge in [-0.2, -0.15) is 0 Å². The highest BCUT2D eigenvalue weighted by atomic mass is 16.5. The van der Waals surface area contributed by atoms with Crippen LogP contribution >= 0.6 is 0 Å². The Morgan fingerprint density at radius 2 is 2.31 bits per heavy atom. The van der Waals surface area contributed by atoms with Crippen LogP contribution in [0.2, 0.25) is 0 Å². The molecule has 0 aromatic heterocycles. The largest absolute Gasteiger partial charge is 0.381 e. The molecule has 2 heteroatoms. The van der Waals surface area contributed by atoms with Crippen molar-refractivity contribution >= 4 is 0 Å². The van der Waals surface area contributed by atoms with Crippen molar-refractivity contribution in [3.63, 3.8) is 0 Å². The van der Waals surface area contributed by atoms with Crippen LogP contribution in [0.5, 0.6) is 0 Å². The van der Waals surface area contributed by atoms with Crippen LogP contribution < -0.4 is 5.32 Å². The molecule has 76 valence electrons. The Bertz CT molecular complexity index is 161. The number of hydrogen-bond donors (Lipinski definition) is 1. The van der Waals surface area contributed by atoms with Crippen LogP contribution in [0.1, 0.15) is 32.6 Å². The summed E-state index contributed by atoms with van der Waals surface area (Å²) in [5, 5.41) is 3.46. The van der Waals surface area contributed by atoms with E-state index in [1.165, 1.54) is 32.2 Å². The van der Waals surface area contributed by atoms with Gasteiger partial charge in [0.15, 0.2) is 0 Å². The summed E-state index contributed by atoms with van der Waals surface area (Å²) in [7, 11) is 0. The van der Waals surface area contributed by atoms with Crippen LogP contribution in [-0.2, 0) is 4.74 Å². The van der Waals surface area contributed by atoms with E-state index < -0.39 is 0 Å². The molecule has 1 aliphatic heterocycles. The number of nitrogens with one attached hydrogen (secondary N) is 1. The van der Waals surface area contributed by atoms with Crippen molar-refractivity contribution in [2.45, 2.75) is 32.6 Å². The van der Waals surface area contributed by atoms with Gasteiger partial charge < -0.3 is 10.1 Å². The van der Waals surface area contributed by atoms with E-state index in [0.717, 1.165) is 25.7 Å². The fourth-order valence-electron chi connectivity index (χ4n) is 2.68. The van der Waals surface area contributed by atoms with Crippen LogP contribution in [-0.4, -0.2) is 26.3 Å². The number of rotatable bonds is 3. The van der Waals surface area contributed by atoms with Gasteiger partial charge in [0.25, 0.3) is 0 Å². The summed E-state index contributed by atoms with van der Waals surface area (Å²) in [5.41, 5.74) is 0.693. The third kappa shape index (κ3) is 2.05. The third-order valence-electron chi connectivity index (χ3n) is 3.71. The summed E-state index contributed by atoms with van der Waals surface area (Å²) in [6.07, 6.45) is 5.44. The molecule has 1 aliphatic carbocycles. The smallest absolute Gasteiger partial charge is 0.0471 e. The predicted molar refractivity (Wildman–Crippen MR) is 53.8 cm³/mol. The fraction of sp³-hybridized carbons (Fsp3) is 1.00. The predicted octanol–water partition coefficient (Wildman–Crippen LogP) is 1.80. The zero-order valence-electron chi connectivity index (χ0n) is 8.64. The van der Waals surface area contributed by atoms with E-state index in [0.29, 0.717) is 5.41 Å². The highest BCUT2D eigenvalue weighted by molar-refractivity contribution is 5.03. The van der Waals surface area contributed by atoms with Crippen LogP contribution in [0.15, 0.2) is 0 Å². The van der Waals surface area contributed by atoms with E-state index in [2.05, 4.69) is 12.2 Å². The molecule has 0 bridgehead atoms. The first-order valence-corrected chi connectivity index (χ1v) is 5.66. The Morgan fingerprint density at radius 3 is 3.15 bits per heavy atom. The Hall–Kier alpha value is -0.0800. The lowest BCUT2D eigenvalue weighted by Gasteiger charge is -2.13. The van der Waals surface area contributed by atoms with Crippen molar-refractivity contribution in [3.8, 4) is 0 Å². The lowest BCUT2D eigenvalue weighted by Crippen LogP contribution is -2.19. The minimum Gasteiger partial charge on any atom is -0.381 e. The monoisotopic (exact) mass is 183 g/mol. The lowest BCUT2D eigenvalue weighted by molar-refractivity contribution is 0.139. The molecule has 1 saturated heterocycles. The van der Waals surface area contributed by atoms with Crippen molar-refractivity contribution in [3.05, 3.63) is 0 Å². The SMILES string of the molecule is CCNCC1CC12CCCOCC2. The average Bonchev–Trinajstić information content (AvgIpc) is 2.88. The molecular formula is C11H21NO. The molecule has 2 aliphatic rings. The van der Waals surface area contributed by atoms with Gasteiger partial charge in [-0.25, -0.2) is 0 Å². The zero-order valence-corrected chi connectivity index (χ0v) is 8.64. The van der Waals surface area contributed by atoms with Crippen molar-refractivity contribution in [2.24, 2.45) is 11.3 Å². The van der Waals surface area contributed by atoms with E-state index in [9.17, 15) is 0 Å². The molecule has 0 aromatic carbocycles. The highest BCUT2D eigenvalue weighted by Gasteiger charge is 2.52. The zero-order chi connectivity index (χ0) is 9.15. The normalized spacial score (nSPS) is 39.0. The quantitative estimate of drug-likeness (QED) is 0.720. The van der Waals surface area contributed by atoms with E-state index >= 15 is 0 Å². The summed E-state index contributed by atoms with van der Waals surface area (Å²) in [6.45, 7) is 6.53. The number of hydrogen-bond acceptors (Lipinski definition) is 2. The summed E-state index contributed by atoms with van der Waals surface area (Å²) >= 11 is 0. The van der Waals surface area contributed by atoms with Gasteiger partial charge >= 0.3 is 0 Å². The molecular weight excluding hydrogens is 162 g/mol. The van der Waals surface area contributed by atoms with E-state index in [1.54, 1.807) is 0 Å². The van der Waals surface area contributed by atoms with Gasteiger partial charge in [-0.3, -0.25) is 0 Å². The van der Waals surface area contributed by atoms with Crippen LogP contribution in [0.3, 0.4) is 0 Å². The summed E-state index contributed by atoms with van der Waals surface area (Å²) < 4.78 is 5.50. The first kappa shape index (κ1) is 9.47. The second-order valence-electron chi connectivity index (χ2n) is 4.54. The third-order valence-corrected chi connectivity index (χ3v) is 3.71. The van der Waals surface area contributed by atoms with Gasteiger partial charge in [-0.05, 0) is 50.1 Å². The second-order valence-corrected chi connectivity index (χ2v) is 4.54. The molecule has 1 spiro atoms. The molecule has 2 unspecified atom stereocenters. The van der Waals surface area contributed by atoms with Crippen molar-refractivity contribution < 1.29 is 4.74 Å². The molecule has 2 atom stereocenters. The van der Waals surface area contributed by atoms with Crippen molar-refractivity contribution in [2.75, 3.05) is 26.3 Å². The fourth-order valence-corrected chi connectivity index (χ4v) is 2.68. The lowest BCUT2D eigenvalue weighted by atomic mass is 9.94. The van der Waals surface area contributed by atoms with Gasteiger partial charge in [-0.15, -0.1) is 0 Å². The molecule has 1 heterocycles. The summed E-state index contributed by atoms with van der Waals surface area (Å²) in [5.74, 6) is 0.953. The standard InChI is InChI=1S/C11H21NO/c1-2-12-9-10-8-11(10)4-3-6-13-7-5-11/h10,12H,2-9H2,1H3. The minimum absolute atomic E-state index is 0.693. The van der Waals surface area contributed by atoms with Gasteiger partial charge in [0.05, 0.1) is 0 Å². The first-order valence-electron chi connectivity index (χ1n) is 5.66. The van der Waals surface area contributed by atoms with Crippen LogP contribution in [0, 0.1) is 11.3 Å². The Balaban J connectivity index is 1.78. The molecule has 1 N–H and O–H groups in total. The highest BCUT2D eigenvalue weighted by Crippen LogP contribution is 2.58. The first-order chi connectivity index (χ1) is 6.37. The second kappa shape index (κ2) is 3.97. The maximum Gasteiger partial charge on any atom is 0.0471 e. The average molecular weight is 183 g/mol. The molecule has 0 amide bonds. The summed E-state index contributed by atoms with van der Waals surface area (Å²) in [4.78, 5) is 0. The maximum atomic E-state index is 5.50.